The number of nitrogens with zero attached hydrogens (tertiary/aromatic N) is 3. The van der Waals surface area contributed by atoms with Gasteiger partial charge in [0.05, 0.1) is 29.4 Å². The number of aryl methyl sites for hydroxylation is 3. The summed E-state index contributed by atoms with van der Waals surface area (Å²) in [6.45, 7) is 4.93. The maximum Gasteiger partial charge on any atom is 0.416 e. The SMILES string of the molecule is COc1nn(C)c2nc(C)c(CCC(=O)Nc3cc(C(F)(F)F)ccc3NC(C)=O)c(C)c12. The average molecular weight is 463 g/mol. The first-order chi connectivity index (χ1) is 15.4. The van der Waals surface area contributed by atoms with Gasteiger partial charge in [-0.1, -0.05) is 0 Å². The van der Waals surface area contributed by atoms with Crippen LogP contribution in [0.3, 0.4) is 0 Å². The van der Waals surface area contributed by atoms with Crippen molar-refractivity contribution in [1.82, 2.24) is 14.8 Å². The van der Waals surface area contributed by atoms with Crippen molar-refractivity contribution in [2.45, 2.75) is 39.8 Å². The molecule has 0 atom stereocenters. The summed E-state index contributed by atoms with van der Waals surface area (Å²) in [7, 11) is 3.27. The van der Waals surface area contributed by atoms with E-state index in [1.165, 1.54) is 14.0 Å². The van der Waals surface area contributed by atoms with Crippen LogP contribution in [0.25, 0.3) is 11.0 Å². The van der Waals surface area contributed by atoms with Gasteiger partial charge in [0.1, 0.15) is 0 Å². The Balaban J connectivity index is 1.85. The van der Waals surface area contributed by atoms with E-state index in [2.05, 4.69) is 20.7 Å². The molecule has 11 heteroatoms. The summed E-state index contributed by atoms with van der Waals surface area (Å²) in [5, 5.41) is 9.95. The van der Waals surface area contributed by atoms with Crippen molar-refractivity contribution in [3.8, 4) is 5.88 Å². The largest absolute Gasteiger partial charge is 0.479 e. The third-order valence-corrected chi connectivity index (χ3v) is 5.25. The summed E-state index contributed by atoms with van der Waals surface area (Å²) in [5.74, 6) is -0.550. The second-order valence-electron chi connectivity index (χ2n) is 7.62. The van der Waals surface area contributed by atoms with E-state index in [1.54, 1.807) is 11.7 Å². The zero-order valence-corrected chi connectivity index (χ0v) is 18.8. The van der Waals surface area contributed by atoms with E-state index in [-0.39, 0.29) is 17.8 Å². The van der Waals surface area contributed by atoms with Crippen LogP contribution in [0.2, 0.25) is 0 Å². The van der Waals surface area contributed by atoms with Crippen LogP contribution in [0.4, 0.5) is 24.5 Å². The highest BCUT2D eigenvalue weighted by atomic mass is 19.4. The number of carbonyl (C=O) groups excluding carboxylic acids is 2. The van der Waals surface area contributed by atoms with Crippen LogP contribution < -0.4 is 15.4 Å². The minimum atomic E-state index is -4.59. The van der Waals surface area contributed by atoms with Gasteiger partial charge in [-0.15, -0.1) is 5.10 Å². The highest BCUT2D eigenvalue weighted by molar-refractivity contribution is 5.99. The van der Waals surface area contributed by atoms with E-state index in [0.29, 0.717) is 17.9 Å². The van der Waals surface area contributed by atoms with Gasteiger partial charge in [0.25, 0.3) is 0 Å². The van der Waals surface area contributed by atoms with Gasteiger partial charge >= 0.3 is 6.18 Å². The number of benzene rings is 1. The van der Waals surface area contributed by atoms with E-state index >= 15 is 0 Å². The van der Waals surface area contributed by atoms with E-state index in [9.17, 15) is 22.8 Å². The number of methoxy groups -OCH3 is 1. The summed E-state index contributed by atoms with van der Waals surface area (Å²) in [5.41, 5.74) is 2.09. The molecule has 2 aromatic heterocycles. The van der Waals surface area contributed by atoms with E-state index in [1.807, 2.05) is 13.8 Å². The molecule has 0 aliphatic carbocycles. The Morgan fingerprint density at radius 3 is 2.45 bits per heavy atom. The minimum Gasteiger partial charge on any atom is -0.479 e. The highest BCUT2D eigenvalue weighted by Crippen LogP contribution is 2.34. The number of fused-ring (bicyclic) bond motifs is 1. The molecule has 2 amide bonds. The fourth-order valence-corrected chi connectivity index (χ4v) is 3.68. The fourth-order valence-electron chi connectivity index (χ4n) is 3.68. The molecule has 0 saturated carbocycles. The summed E-state index contributed by atoms with van der Waals surface area (Å²) in [4.78, 5) is 28.6. The lowest BCUT2D eigenvalue weighted by Crippen LogP contribution is -2.17. The quantitative estimate of drug-likeness (QED) is 0.573. The lowest BCUT2D eigenvalue weighted by molar-refractivity contribution is -0.137. The number of halogens is 3. The van der Waals surface area contributed by atoms with Crippen LogP contribution >= 0.6 is 0 Å². The van der Waals surface area contributed by atoms with Gasteiger partial charge in [0, 0.05) is 26.1 Å². The van der Waals surface area contributed by atoms with Gasteiger partial charge in [0.15, 0.2) is 5.65 Å². The molecule has 0 spiro atoms. The molecule has 0 aliphatic heterocycles. The number of anilines is 2. The molecule has 3 rings (SSSR count). The van der Waals surface area contributed by atoms with Crippen LogP contribution in [0.5, 0.6) is 5.88 Å². The fraction of sp³-hybridized carbons (Fsp3) is 0.364. The number of alkyl halides is 3. The average Bonchev–Trinajstić information content (AvgIpc) is 3.03. The number of nitrogens with one attached hydrogen (secondary N) is 2. The van der Waals surface area contributed by atoms with Crippen LogP contribution in [-0.2, 0) is 29.2 Å². The first-order valence-electron chi connectivity index (χ1n) is 10.1. The molecule has 8 nitrogen and oxygen atoms in total. The summed E-state index contributed by atoms with van der Waals surface area (Å²) in [6, 6.07) is 2.75. The Labute approximate surface area is 188 Å². The second-order valence-corrected chi connectivity index (χ2v) is 7.62. The Morgan fingerprint density at radius 2 is 1.85 bits per heavy atom. The number of rotatable bonds is 6. The lowest BCUT2D eigenvalue weighted by atomic mass is 10.00. The number of ether oxygens (including phenoxy) is 1. The molecule has 33 heavy (non-hydrogen) atoms. The van der Waals surface area contributed by atoms with E-state index < -0.39 is 23.6 Å². The van der Waals surface area contributed by atoms with Crippen molar-refractivity contribution in [3.63, 3.8) is 0 Å². The topological polar surface area (TPSA) is 98.1 Å². The number of hydrogen-bond donors (Lipinski definition) is 2. The van der Waals surface area contributed by atoms with Crippen LogP contribution in [0.1, 0.15) is 35.7 Å². The Hall–Kier alpha value is -3.63. The van der Waals surface area contributed by atoms with Crippen molar-refractivity contribution >= 4 is 34.2 Å². The summed E-state index contributed by atoms with van der Waals surface area (Å²) >= 11 is 0. The molecular weight excluding hydrogens is 439 g/mol. The molecule has 2 N–H and O–H groups in total. The van der Waals surface area contributed by atoms with Crippen LogP contribution in [-0.4, -0.2) is 33.7 Å². The van der Waals surface area contributed by atoms with E-state index in [4.69, 9.17) is 4.74 Å². The van der Waals surface area contributed by atoms with Gasteiger partial charge in [-0.2, -0.15) is 13.2 Å². The smallest absolute Gasteiger partial charge is 0.416 e. The zero-order valence-electron chi connectivity index (χ0n) is 18.8. The molecule has 0 bridgehead atoms. The molecule has 3 aromatic rings. The van der Waals surface area contributed by atoms with Crippen molar-refractivity contribution in [2.24, 2.45) is 7.05 Å². The Bertz CT molecular complexity index is 1230. The van der Waals surface area contributed by atoms with Crippen molar-refractivity contribution in [2.75, 3.05) is 17.7 Å². The normalized spacial score (nSPS) is 11.5. The number of aromatic nitrogens is 3. The van der Waals surface area contributed by atoms with Gasteiger partial charge < -0.3 is 15.4 Å². The Morgan fingerprint density at radius 1 is 1.15 bits per heavy atom. The second kappa shape index (κ2) is 9.08. The van der Waals surface area contributed by atoms with Crippen molar-refractivity contribution < 1.29 is 27.5 Å². The number of amides is 2. The third kappa shape index (κ3) is 5.07. The number of pyridine rings is 1. The maximum atomic E-state index is 13.1. The Kier molecular flexibility index (Phi) is 6.61. The van der Waals surface area contributed by atoms with Crippen LogP contribution in [0, 0.1) is 13.8 Å². The first-order valence-corrected chi connectivity index (χ1v) is 10.1. The molecule has 1 aromatic carbocycles. The molecule has 176 valence electrons. The first kappa shape index (κ1) is 24.0. The van der Waals surface area contributed by atoms with Gasteiger partial charge in [-0.25, -0.2) is 9.67 Å². The lowest BCUT2D eigenvalue weighted by Gasteiger charge is -2.15. The molecule has 2 heterocycles. The predicted molar refractivity (Wildman–Crippen MR) is 117 cm³/mol. The number of carbonyl (C=O) groups is 2. The predicted octanol–water partition coefficient (Wildman–Crippen LogP) is 4.14. The van der Waals surface area contributed by atoms with Crippen LogP contribution in [0.15, 0.2) is 18.2 Å². The molecule has 0 saturated heterocycles. The molecular formula is C22H24F3N5O3. The summed E-state index contributed by atoms with van der Waals surface area (Å²) < 4.78 is 46.3. The highest BCUT2D eigenvalue weighted by Gasteiger charge is 2.31. The molecule has 0 fully saturated rings. The van der Waals surface area contributed by atoms with Crippen molar-refractivity contribution in [3.05, 3.63) is 40.6 Å². The maximum absolute atomic E-state index is 13.1. The van der Waals surface area contributed by atoms with Gasteiger partial charge in [-0.05, 0) is 49.6 Å². The van der Waals surface area contributed by atoms with Gasteiger partial charge in [0.2, 0.25) is 17.7 Å². The zero-order chi connectivity index (χ0) is 24.5. The molecule has 0 unspecified atom stereocenters. The minimum absolute atomic E-state index is 0.00674. The van der Waals surface area contributed by atoms with Gasteiger partial charge in [-0.3, -0.25) is 9.59 Å². The number of hydrogen-bond acceptors (Lipinski definition) is 5. The van der Waals surface area contributed by atoms with Crippen molar-refractivity contribution in [1.29, 1.82) is 0 Å². The third-order valence-electron chi connectivity index (χ3n) is 5.25. The monoisotopic (exact) mass is 463 g/mol. The standard InChI is InChI=1S/C22H24F3N5O3/c1-11-15(12(2)26-20-19(11)21(33-5)29-30(20)4)7-9-18(32)28-17-10-14(22(23,24)25)6-8-16(17)27-13(3)31/h6,8,10H,7,9H2,1-5H3,(H,27,31)(H,28,32). The molecule has 0 aliphatic rings. The van der Waals surface area contributed by atoms with E-state index in [0.717, 1.165) is 40.4 Å². The molecule has 0 radical (unpaired) electrons. The summed E-state index contributed by atoms with van der Waals surface area (Å²) in [6.07, 6.45) is -4.29.